The first-order valence-corrected chi connectivity index (χ1v) is 6.86. The Balaban J connectivity index is 1.76. The van der Waals surface area contributed by atoms with E-state index >= 15 is 0 Å². The van der Waals surface area contributed by atoms with Crippen molar-refractivity contribution < 1.29 is 9.47 Å². The van der Waals surface area contributed by atoms with Crippen LogP contribution in [0.15, 0.2) is 36.4 Å². The third-order valence-corrected chi connectivity index (χ3v) is 3.71. The topological polar surface area (TPSA) is 44.5 Å². The maximum atomic E-state index is 6.03. The zero-order chi connectivity index (χ0) is 14.1. The van der Waals surface area contributed by atoms with Crippen molar-refractivity contribution in [1.29, 1.82) is 0 Å². The number of ether oxygens (including phenoxy) is 2. The molecule has 0 saturated carbocycles. The normalized spacial score (nSPS) is 16.6. The minimum atomic E-state index is 0.294. The Hall–Kier alpha value is -2.16. The van der Waals surface area contributed by atoms with Gasteiger partial charge in [-0.15, -0.1) is 0 Å². The Morgan fingerprint density at radius 3 is 2.65 bits per heavy atom. The maximum Gasteiger partial charge on any atom is 0.125 e. The molecule has 2 aromatic rings. The molecule has 0 radical (unpaired) electrons. The van der Waals surface area contributed by atoms with Gasteiger partial charge in [-0.2, -0.15) is 0 Å². The van der Waals surface area contributed by atoms with Crippen LogP contribution in [0.25, 0.3) is 0 Å². The van der Waals surface area contributed by atoms with E-state index in [0.29, 0.717) is 19.1 Å². The molecule has 104 valence electrons. The molecule has 1 aliphatic rings. The SMILES string of the molecule is Cc1cc(N)cc(C)c1OCC1COc2ccccc21. The molecule has 1 atom stereocenters. The summed E-state index contributed by atoms with van der Waals surface area (Å²) >= 11 is 0. The number of hydrogen-bond acceptors (Lipinski definition) is 3. The highest BCUT2D eigenvalue weighted by atomic mass is 16.5. The van der Waals surface area contributed by atoms with Crippen molar-refractivity contribution in [1.82, 2.24) is 0 Å². The molecule has 0 saturated heterocycles. The van der Waals surface area contributed by atoms with Crippen LogP contribution in [0.3, 0.4) is 0 Å². The van der Waals surface area contributed by atoms with Crippen molar-refractivity contribution in [2.45, 2.75) is 19.8 Å². The van der Waals surface area contributed by atoms with Crippen LogP contribution in [0.4, 0.5) is 5.69 Å². The predicted molar refractivity (Wildman–Crippen MR) is 80.5 cm³/mol. The first-order valence-electron chi connectivity index (χ1n) is 6.86. The lowest BCUT2D eigenvalue weighted by molar-refractivity contribution is 0.246. The van der Waals surface area contributed by atoms with Gasteiger partial charge in [-0.05, 0) is 43.2 Å². The maximum absolute atomic E-state index is 6.03. The van der Waals surface area contributed by atoms with E-state index < -0.39 is 0 Å². The molecule has 0 aromatic heterocycles. The molecule has 20 heavy (non-hydrogen) atoms. The van der Waals surface area contributed by atoms with Gasteiger partial charge < -0.3 is 15.2 Å². The molecule has 0 spiro atoms. The molecule has 1 heterocycles. The van der Waals surface area contributed by atoms with Crippen LogP contribution < -0.4 is 15.2 Å². The smallest absolute Gasteiger partial charge is 0.125 e. The highest BCUT2D eigenvalue weighted by Crippen LogP contribution is 2.34. The van der Waals surface area contributed by atoms with Crippen molar-refractivity contribution in [3.8, 4) is 11.5 Å². The lowest BCUT2D eigenvalue weighted by Crippen LogP contribution is -2.12. The van der Waals surface area contributed by atoms with Crippen molar-refractivity contribution in [3.63, 3.8) is 0 Å². The molecule has 1 aliphatic heterocycles. The Kier molecular flexibility index (Phi) is 3.26. The van der Waals surface area contributed by atoms with Crippen molar-refractivity contribution >= 4 is 5.69 Å². The van der Waals surface area contributed by atoms with Gasteiger partial charge in [-0.1, -0.05) is 18.2 Å². The molecule has 0 amide bonds. The number of benzene rings is 2. The van der Waals surface area contributed by atoms with Crippen molar-refractivity contribution in [2.24, 2.45) is 0 Å². The van der Waals surface area contributed by atoms with E-state index in [1.54, 1.807) is 0 Å². The highest BCUT2D eigenvalue weighted by molar-refractivity contribution is 5.52. The second-order valence-electron chi connectivity index (χ2n) is 5.34. The van der Waals surface area contributed by atoms with E-state index in [2.05, 4.69) is 6.07 Å². The number of aryl methyl sites for hydroxylation is 2. The molecule has 0 fully saturated rings. The molecule has 3 rings (SSSR count). The van der Waals surface area contributed by atoms with Gasteiger partial charge in [0.15, 0.2) is 0 Å². The minimum Gasteiger partial charge on any atom is -0.493 e. The Morgan fingerprint density at radius 1 is 1.20 bits per heavy atom. The van der Waals surface area contributed by atoms with Crippen LogP contribution in [-0.2, 0) is 0 Å². The fraction of sp³-hybridized carbons (Fsp3) is 0.294. The fourth-order valence-corrected chi connectivity index (χ4v) is 2.76. The summed E-state index contributed by atoms with van der Waals surface area (Å²) < 4.78 is 11.7. The average molecular weight is 269 g/mol. The third kappa shape index (κ3) is 2.31. The zero-order valence-corrected chi connectivity index (χ0v) is 11.8. The largest absolute Gasteiger partial charge is 0.493 e. The van der Waals surface area contributed by atoms with E-state index in [0.717, 1.165) is 28.3 Å². The summed E-state index contributed by atoms with van der Waals surface area (Å²) in [5, 5.41) is 0. The van der Waals surface area contributed by atoms with Crippen molar-refractivity contribution in [2.75, 3.05) is 18.9 Å². The van der Waals surface area contributed by atoms with Gasteiger partial charge >= 0.3 is 0 Å². The Bertz CT molecular complexity index is 614. The van der Waals surface area contributed by atoms with Crippen LogP contribution in [0, 0.1) is 13.8 Å². The number of para-hydroxylation sites is 1. The molecule has 3 nitrogen and oxygen atoms in total. The molecule has 2 aromatic carbocycles. The Labute approximate surface area is 119 Å². The van der Waals surface area contributed by atoms with E-state index in [1.807, 2.05) is 44.2 Å². The number of nitrogens with two attached hydrogens (primary N) is 1. The van der Waals surface area contributed by atoms with E-state index in [9.17, 15) is 0 Å². The fourth-order valence-electron chi connectivity index (χ4n) is 2.76. The van der Waals surface area contributed by atoms with E-state index in [-0.39, 0.29) is 0 Å². The second-order valence-corrected chi connectivity index (χ2v) is 5.34. The van der Waals surface area contributed by atoms with Gasteiger partial charge in [0.1, 0.15) is 11.5 Å². The summed E-state index contributed by atoms with van der Waals surface area (Å²) in [6, 6.07) is 12.0. The summed E-state index contributed by atoms with van der Waals surface area (Å²) in [5.41, 5.74) is 10.0. The number of anilines is 1. The summed E-state index contributed by atoms with van der Waals surface area (Å²) in [6.45, 7) is 5.37. The van der Waals surface area contributed by atoms with Gasteiger partial charge in [-0.25, -0.2) is 0 Å². The van der Waals surface area contributed by atoms with Crippen LogP contribution in [0.5, 0.6) is 11.5 Å². The van der Waals surface area contributed by atoms with Crippen LogP contribution in [0.1, 0.15) is 22.6 Å². The van der Waals surface area contributed by atoms with Crippen LogP contribution in [0.2, 0.25) is 0 Å². The molecule has 3 heteroatoms. The van der Waals surface area contributed by atoms with Crippen LogP contribution in [-0.4, -0.2) is 13.2 Å². The predicted octanol–water partition coefficient (Wildman–Crippen LogP) is 3.44. The summed E-state index contributed by atoms with van der Waals surface area (Å²) in [5.74, 6) is 2.21. The first-order chi connectivity index (χ1) is 9.65. The summed E-state index contributed by atoms with van der Waals surface area (Å²) in [4.78, 5) is 0. The standard InChI is InChI=1S/C17H19NO2/c1-11-7-14(18)8-12(2)17(11)20-10-13-9-19-16-6-4-3-5-15(13)16/h3-8,13H,9-10,18H2,1-2H3. The third-order valence-electron chi connectivity index (χ3n) is 3.71. The van der Waals surface area contributed by atoms with Gasteiger partial charge in [0, 0.05) is 11.3 Å². The molecular formula is C17H19NO2. The number of fused-ring (bicyclic) bond motifs is 1. The lowest BCUT2D eigenvalue weighted by atomic mass is 10.0. The number of rotatable bonds is 3. The van der Waals surface area contributed by atoms with Crippen LogP contribution >= 0.6 is 0 Å². The number of nitrogen functional groups attached to an aromatic ring is 1. The first kappa shape index (κ1) is 12.9. The van der Waals surface area contributed by atoms with E-state index in [4.69, 9.17) is 15.2 Å². The highest BCUT2D eigenvalue weighted by Gasteiger charge is 2.24. The zero-order valence-electron chi connectivity index (χ0n) is 11.8. The molecule has 0 bridgehead atoms. The number of hydrogen-bond donors (Lipinski definition) is 1. The van der Waals surface area contributed by atoms with Gasteiger partial charge in [0.2, 0.25) is 0 Å². The lowest BCUT2D eigenvalue weighted by Gasteiger charge is -2.15. The molecule has 1 unspecified atom stereocenters. The molecule has 0 aliphatic carbocycles. The van der Waals surface area contributed by atoms with Gasteiger partial charge in [0.25, 0.3) is 0 Å². The van der Waals surface area contributed by atoms with Gasteiger partial charge in [0.05, 0.1) is 19.1 Å². The van der Waals surface area contributed by atoms with Gasteiger partial charge in [-0.3, -0.25) is 0 Å². The second kappa shape index (κ2) is 5.08. The molecule has 2 N–H and O–H groups in total. The Morgan fingerprint density at radius 2 is 1.90 bits per heavy atom. The monoisotopic (exact) mass is 269 g/mol. The quantitative estimate of drug-likeness (QED) is 0.868. The summed E-state index contributed by atoms with van der Waals surface area (Å²) in [6.07, 6.45) is 0. The van der Waals surface area contributed by atoms with E-state index in [1.165, 1.54) is 5.56 Å². The summed E-state index contributed by atoms with van der Waals surface area (Å²) in [7, 11) is 0. The molecular weight excluding hydrogens is 250 g/mol. The van der Waals surface area contributed by atoms with Crippen molar-refractivity contribution in [3.05, 3.63) is 53.1 Å². The minimum absolute atomic E-state index is 0.294. The average Bonchev–Trinajstić information content (AvgIpc) is 2.81.